The molecule has 1 unspecified atom stereocenters. The van der Waals surface area contributed by atoms with Crippen molar-refractivity contribution in [2.45, 2.75) is 32.5 Å². The topological polar surface area (TPSA) is 52.0 Å². The van der Waals surface area contributed by atoms with E-state index >= 15 is 0 Å². The van der Waals surface area contributed by atoms with Crippen LogP contribution in [0.25, 0.3) is 0 Å². The summed E-state index contributed by atoms with van der Waals surface area (Å²) in [6.45, 7) is 8.33. The smallest absolute Gasteiger partial charge is 0.249 e. The Morgan fingerprint density at radius 2 is 2.00 bits per heavy atom. The van der Waals surface area contributed by atoms with Crippen LogP contribution in [0.15, 0.2) is 65.3 Å². The Balaban J connectivity index is 1.78. The molecule has 0 saturated heterocycles. The number of carbonyl (C=O) groups is 1. The Bertz CT molecular complexity index is 1060. The molecule has 1 aromatic carbocycles. The van der Waals surface area contributed by atoms with Gasteiger partial charge in [-0.15, -0.1) is 0 Å². The second-order valence-electron chi connectivity index (χ2n) is 7.86. The maximum atomic E-state index is 12.5. The van der Waals surface area contributed by atoms with Gasteiger partial charge in [-0.05, 0) is 55.5 Å². The van der Waals surface area contributed by atoms with Gasteiger partial charge in [0, 0.05) is 26.8 Å². The molecule has 0 radical (unpaired) electrons. The molecular weight excluding hydrogens is 374 g/mol. The minimum absolute atomic E-state index is 0.0763. The lowest BCUT2D eigenvalue weighted by Crippen LogP contribution is -2.49. The van der Waals surface area contributed by atoms with Crippen LogP contribution < -0.4 is 14.7 Å². The lowest BCUT2D eigenvalue weighted by Gasteiger charge is -2.38. The Kier molecular flexibility index (Phi) is 5.16. The fraction of sp³-hybridized carbons (Fsp3) is 0.292. The zero-order chi connectivity index (χ0) is 21.4. The van der Waals surface area contributed by atoms with Gasteiger partial charge in [0.1, 0.15) is 11.9 Å². The van der Waals surface area contributed by atoms with Crippen molar-refractivity contribution in [2.24, 2.45) is 4.99 Å². The number of aromatic nitrogens is 1. The van der Waals surface area contributed by atoms with Crippen molar-refractivity contribution in [3.8, 4) is 0 Å². The standard InChI is InChI=1S/C24H27N5O/c1-16(9-8-14-25-3)22-19-11-7-6-10-18(19)15-29(22)21-13-12-20-23(26-21)27(4)17(2)24(30)28(20)5/h6-14,17,22H,3,15H2,1-2,4-5H3/b14-8-,16-9+/t17-,22?/m1/s1. The highest BCUT2D eigenvalue weighted by Gasteiger charge is 2.35. The number of nitrogens with zero attached hydrogens (tertiary/aromatic N) is 5. The third-order valence-electron chi connectivity index (χ3n) is 6.08. The number of hydrogen-bond acceptors (Lipinski definition) is 5. The summed E-state index contributed by atoms with van der Waals surface area (Å²) < 4.78 is 0. The van der Waals surface area contributed by atoms with Crippen molar-refractivity contribution >= 4 is 29.9 Å². The molecule has 2 aromatic rings. The molecule has 0 bridgehead atoms. The molecule has 0 spiro atoms. The van der Waals surface area contributed by atoms with Crippen molar-refractivity contribution < 1.29 is 4.79 Å². The maximum Gasteiger partial charge on any atom is 0.249 e. The van der Waals surface area contributed by atoms with Gasteiger partial charge in [0.15, 0.2) is 5.82 Å². The third-order valence-corrected chi connectivity index (χ3v) is 6.08. The molecular formula is C24H27N5O. The highest BCUT2D eigenvalue weighted by Crippen LogP contribution is 2.43. The summed E-state index contributed by atoms with van der Waals surface area (Å²) in [7, 11) is 3.74. The zero-order valence-corrected chi connectivity index (χ0v) is 17.9. The zero-order valence-electron chi connectivity index (χ0n) is 17.9. The van der Waals surface area contributed by atoms with E-state index in [0.717, 1.165) is 23.9 Å². The van der Waals surface area contributed by atoms with Crippen LogP contribution >= 0.6 is 0 Å². The summed E-state index contributed by atoms with van der Waals surface area (Å²) in [6.07, 6.45) is 5.68. The van der Waals surface area contributed by atoms with Gasteiger partial charge in [0.2, 0.25) is 5.91 Å². The van der Waals surface area contributed by atoms with Gasteiger partial charge in [-0.2, -0.15) is 0 Å². The lowest BCUT2D eigenvalue weighted by molar-refractivity contribution is -0.119. The Hall–Kier alpha value is -3.41. The molecule has 6 heteroatoms. The fourth-order valence-electron chi connectivity index (χ4n) is 4.30. The van der Waals surface area contributed by atoms with Crippen LogP contribution in [0.1, 0.15) is 31.0 Å². The van der Waals surface area contributed by atoms with E-state index in [1.165, 1.54) is 16.7 Å². The number of rotatable bonds is 4. The van der Waals surface area contributed by atoms with Crippen LogP contribution in [0.2, 0.25) is 0 Å². The van der Waals surface area contributed by atoms with Gasteiger partial charge < -0.3 is 14.7 Å². The highest BCUT2D eigenvalue weighted by atomic mass is 16.2. The molecule has 154 valence electrons. The van der Waals surface area contributed by atoms with Gasteiger partial charge in [-0.25, -0.2) is 4.98 Å². The van der Waals surface area contributed by atoms with E-state index in [1.54, 1.807) is 11.1 Å². The van der Waals surface area contributed by atoms with Gasteiger partial charge >= 0.3 is 0 Å². The molecule has 2 aliphatic heterocycles. The number of hydrogen-bond donors (Lipinski definition) is 0. The highest BCUT2D eigenvalue weighted by molar-refractivity contribution is 6.04. The first-order chi connectivity index (χ1) is 14.4. The molecule has 2 atom stereocenters. The van der Waals surface area contributed by atoms with Crippen molar-refractivity contribution in [1.29, 1.82) is 0 Å². The maximum absolute atomic E-state index is 12.5. The fourth-order valence-corrected chi connectivity index (χ4v) is 4.30. The first-order valence-corrected chi connectivity index (χ1v) is 10.1. The van der Waals surface area contributed by atoms with Crippen molar-refractivity contribution in [2.75, 3.05) is 28.8 Å². The predicted molar refractivity (Wildman–Crippen MR) is 123 cm³/mol. The van der Waals surface area contributed by atoms with Gasteiger partial charge in [0.05, 0.1) is 11.7 Å². The first kappa shape index (κ1) is 19.9. The molecule has 1 aromatic heterocycles. The van der Waals surface area contributed by atoms with E-state index in [0.29, 0.717) is 0 Å². The third kappa shape index (κ3) is 3.18. The van der Waals surface area contributed by atoms with E-state index in [1.807, 2.05) is 44.1 Å². The molecule has 0 aliphatic carbocycles. The summed E-state index contributed by atoms with van der Waals surface area (Å²) in [5, 5.41) is 0. The van der Waals surface area contributed by atoms with Gasteiger partial charge in [-0.3, -0.25) is 9.79 Å². The molecule has 0 saturated carbocycles. The van der Waals surface area contributed by atoms with E-state index in [2.05, 4.69) is 53.9 Å². The largest absolute Gasteiger partial charge is 0.346 e. The number of likely N-dealkylation sites (N-methyl/N-ethyl adjacent to an activating group) is 2. The van der Waals surface area contributed by atoms with Crippen LogP contribution in [0, 0.1) is 0 Å². The van der Waals surface area contributed by atoms with Gasteiger partial charge in [-0.1, -0.05) is 30.3 Å². The van der Waals surface area contributed by atoms with Crippen LogP contribution in [-0.4, -0.2) is 37.7 Å². The second-order valence-corrected chi connectivity index (χ2v) is 7.86. The molecule has 3 heterocycles. The summed E-state index contributed by atoms with van der Waals surface area (Å²) in [6, 6.07) is 12.4. The molecule has 6 nitrogen and oxygen atoms in total. The molecule has 0 fully saturated rings. The number of benzene rings is 1. The normalized spacial score (nSPS) is 21.3. The Morgan fingerprint density at radius 1 is 1.23 bits per heavy atom. The average Bonchev–Trinajstić information content (AvgIpc) is 3.15. The number of allylic oxidation sites excluding steroid dienone is 2. The number of fused-ring (bicyclic) bond motifs is 2. The molecule has 0 N–H and O–H groups in total. The summed E-state index contributed by atoms with van der Waals surface area (Å²) in [4.78, 5) is 27.3. The number of carbonyl (C=O) groups excluding carboxylic acids is 1. The predicted octanol–water partition coefficient (Wildman–Crippen LogP) is 4.10. The minimum Gasteiger partial charge on any atom is -0.346 e. The minimum atomic E-state index is -0.241. The number of aliphatic imine (C=N–C) groups is 1. The number of amides is 1. The molecule has 2 aliphatic rings. The molecule has 30 heavy (non-hydrogen) atoms. The quantitative estimate of drug-likeness (QED) is 0.572. The van der Waals surface area contributed by atoms with E-state index in [9.17, 15) is 4.79 Å². The van der Waals surface area contributed by atoms with Crippen molar-refractivity contribution in [3.63, 3.8) is 0 Å². The summed E-state index contributed by atoms with van der Waals surface area (Å²) in [5.41, 5.74) is 4.63. The first-order valence-electron chi connectivity index (χ1n) is 10.1. The van der Waals surface area contributed by atoms with Crippen LogP contribution in [0.4, 0.5) is 17.3 Å². The Labute approximate surface area is 177 Å². The van der Waals surface area contributed by atoms with Crippen molar-refractivity contribution in [3.05, 3.63) is 71.5 Å². The van der Waals surface area contributed by atoms with E-state index in [-0.39, 0.29) is 18.0 Å². The molecule has 4 rings (SSSR count). The monoisotopic (exact) mass is 401 g/mol. The Morgan fingerprint density at radius 3 is 2.77 bits per heavy atom. The van der Waals surface area contributed by atoms with Crippen LogP contribution in [0.3, 0.4) is 0 Å². The van der Waals surface area contributed by atoms with Crippen LogP contribution in [0.5, 0.6) is 0 Å². The molecule has 1 amide bonds. The van der Waals surface area contributed by atoms with Crippen LogP contribution in [-0.2, 0) is 11.3 Å². The average molecular weight is 402 g/mol. The number of pyridine rings is 1. The van der Waals surface area contributed by atoms with Crippen molar-refractivity contribution in [1.82, 2.24) is 4.98 Å². The summed E-state index contributed by atoms with van der Waals surface area (Å²) in [5.74, 6) is 1.80. The second kappa shape index (κ2) is 7.78. The number of anilines is 3. The SMILES string of the molecule is C=N/C=C\C=C(/C)C1c2ccccc2CN1c1ccc2c(n1)N(C)[C@H](C)C(=O)N2C. The summed E-state index contributed by atoms with van der Waals surface area (Å²) >= 11 is 0. The van der Waals surface area contributed by atoms with E-state index in [4.69, 9.17) is 4.98 Å². The van der Waals surface area contributed by atoms with E-state index < -0.39 is 0 Å². The van der Waals surface area contributed by atoms with Gasteiger partial charge in [0.25, 0.3) is 0 Å². The lowest BCUT2D eigenvalue weighted by atomic mass is 9.98.